The average molecular weight is 514 g/mol. The molecule has 10 heteroatoms. The molecule has 1 aliphatic heterocycles. The summed E-state index contributed by atoms with van der Waals surface area (Å²) in [6, 6.07) is 10.9. The van der Waals surface area contributed by atoms with Crippen molar-refractivity contribution in [2.24, 2.45) is 0 Å². The zero-order chi connectivity index (χ0) is 25.9. The van der Waals surface area contributed by atoms with Gasteiger partial charge in [0.2, 0.25) is 21.8 Å². The second-order valence-corrected chi connectivity index (χ2v) is 11.0. The maximum Gasteiger partial charge on any atom is 0.252 e. The van der Waals surface area contributed by atoms with Crippen molar-refractivity contribution in [3.05, 3.63) is 48.5 Å². The van der Waals surface area contributed by atoms with E-state index < -0.39 is 27.9 Å². The van der Waals surface area contributed by atoms with E-state index >= 15 is 0 Å². The lowest BCUT2D eigenvalue weighted by Gasteiger charge is -2.34. The van der Waals surface area contributed by atoms with Crippen molar-refractivity contribution in [3.8, 4) is 5.75 Å². The van der Waals surface area contributed by atoms with Crippen molar-refractivity contribution < 1.29 is 27.5 Å². The third kappa shape index (κ3) is 5.29. The molecule has 4 rings (SSSR count). The van der Waals surface area contributed by atoms with E-state index in [1.807, 2.05) is 0 Å². The summed E-state index contributed by atoms with van der Waals surface area (Å²) in [6.45, 7) is 1.37. The lowest BCUT2D eigenvalue weighted by molar-refractivity contribution is -0.122. The third-order valence-electron chi connectivity index (χ3n) is 6.70. The molecule has 0 bridgehead atoms. The van der Waals surface area contributed by atoms with Crippen LogP contribution in [0.15, 0.2) is 53.4 Å². The maximum absolute atomic E-state index is 14.0. The molecule has 1 atom stereocenters. The monoisotopic (exact) mass is 513 g/mol. The Kier molecular flexibility index (Phi) is 7.75. The van der Waals surface area contributed by atoms with E-state index in [1.54, 1.807) is 24.3 Å². The van der Waals surface area contributed by atoms with Gasteiger partial charge in [-0.2, -0.15) is 4.31 Å². The van der Waals surface area contributed by atoms with E-state index in [-0.39, 0.29) is 23.3 Å². The van der Waals surface area contributed by atoms with Crippen LogP contribution in [-0.2, 0) is 24.4 Å². The Labute approximate surface area is 211 Å². The van der Waals surface area contributed by atoms with Gasteiger partial charge in [-0.1, -0.05) is 25.7 Å². The summed E-state index contributed by atoms with van der Waals surface area (Å²) in [5.41, 5.74) is 0.853. The number of ether oxygens (including phenoxy) is 1. The number of anilines is 2. The smallest absolute Gasteiger partial charge is 0.252 e. The molecule has 192 valence electrons. The van der Waals surface area contributed by atoms with E-state index in [2.05, 4.69) is 5.32 Å². The Morgan fingerprint density at radius 3 is 2.14 bits per heavy atom. The molecular formula is C26H31N3O6S. The lowest BCUT2D eigenvalue weighted by atomic mass is 10.1. The first-order valence-corrected chi connectivity index (χ1v) is 13.6. The molecule has 1 unspecified atom stereocenters. The highest BCUT2D eigenvalue weighted by Crippen LogP contribution is 2.35. The van der Waals surface area contributed by atoms with Gasteiger partial charge in [0, 0.05) is 18.7 Å². The summed E-state index contributed by atoms with van der Waals surface area (Å²) in [5.74, 6) is -0.669. The first-order chi connectivity index (χ1) is 17.2. The van der Waals surface area contributed by atoms with Crippen LogP contribution in [0.25, 0.3) is 0 Å². The topological polar surface area (TPSA) is 113 Å². The number of carbonyl (C=O) groups is 3. The van der Waals surface area contributed by atoms with Crippen LogP contribution in [0.1, 0.15) is 51.9 Å². The number of sulfonamides is 1. The summed E-state index contributed by atoms with van der Waals surface area (Å²) in [5, 5.41) is 2.62. The van der Waals surface area contributed by atoms with Gasteiger partial charge in [0.05, 0.1) is 24.1 Å². The summed E-state index contributed by atoms with van der Waals surface area (Å²) in [6.07, 6.45) is 4.76. The van der Waals surface area contributed by atoms with Crippen molar-refractivity contribution >= 4 is 39.1 Å². The molecule has 2 fully saturated rings. The van der Waals surface area contributed by atoms with Crippen molar-refractivity contribution in [2.45, 2.75) is 68.8 Å². The Balaban J connectivity index is 1.70. The van der Waals surface area contributed by atoms with Crippen LogP contribution in [0, 0.1) is 0 Å². The third-order valence-corrected chi connectivity index (χ3v) is 8.67. The predicted molar refractivity (Wildman–Crippen MR) is 135 cm³/mol. The highest BCUT2D eigenvalue weighted by atomic mass is 32.2. The van der Waals surface area contributed by atoms with E-state index in [1.165, 1.54) is 42.6 Å². The van der Waals surface area contributed by atoms with Crippen molar-refractivity contribution in [3.63, 3.8) is 0 Å². The van der Waals surface area contributed by atoms with Crippen LogP contribution in [0.4, 0.5) is 11.4 Å². The molecule has 1 aliphatic carbocycles. The molecule has 36 heavy (non-hydrogen) atoms. The van der Waals surface area contributed by atoms with Crippen molar-refractivity contribution in [1.29, 1.82) is 0 Å². The van der Waals surface area contributed by atoms with E-state index in [0.29, 0.717) is 30.0 Å². The molecule has 2 aliphatic rings. The number of hydrogen-bond donors (Lipinski definition) is 1. The number of hydrogen-bond acceptors (Lipinski definition) is 6. The quantitative estimate of drug-likeness (QED) is 0.446. The van der Waals surface area contributed by atoms with Gasteiger partial charge in [0.25, 0.3) is 5.91 Å². The number of rotatable bonds is 7. The van der Waals surface area contributed by atoms with Gasteiger partial charge >= 0.3 is 0 Å². The largest absolute Gasteiger partial charge is 0.497 e. The van der Waals surface area contributed by atoms with Gasteiger partial charge in [0.1, 0.15) is 11.8 Å². The van der Waals surface area contributed by atoms with E-state index in [9.17, 15) is 22.8 Å². The van der Waals surface area contributed by atoms with Gasteiger partial charge in [-0.3, -0.25) is 14.4 Å². The Bertz CT molecular complexity index is 1220. The molecule has 0 radical (unpaired) electrons. The number of methoxy groups -OCH3 is 1. The normalized spacial score (nSPS) is 19.4. The minimum atomic E-state index is -4.12. The molecule has 3 amide bonds. The molecule has 1 N–H and O–H groups in total. The fraction of sp³-hybridized carbons (Fsp3) is 0.423. The minimum Gasteiger partial charge on any atom is -0.497 e. The van der Waals surface area contributed by atoms with E-state index in [4.69, 9.17) is 4.74 Å². The van der Waals surface area contributed by atoms with Crippen LogP contribution < -0.4 is 15.0 Å². The molecule has 1 saturated heterocycles. The Morgan fingerprint density at radius 2 is 1.58 bits per heavy atom. The number of nitrogens with zero attached hydrogens (tertiary/aromatic N) is 2. The molecule has 2 aromatic rings. The fourth-order valence-electron chi connectivity index (χ4n) is 4.98. The SMILES string of the molecule is COc1ccc(N2C(=O)CC(N(C3CCCCCC3)S(=O)(=O)c3ccc(NC(C)=O)cc3)C2=O)cc1. The summed E-state index contributed by atoms with van der Waals surface area (Å²) in [7, 11) is -2.59. The molecule has 9 nitrogen and oxygen atoms in total. The van der Waals surface area contributed by atoms with Gasteiger partial charge in [-0.05, 0) is 61.4 Å². The number of benzene rings is 2. The fourth-order valence-corrected chi connectivity index (χ4v) is 6.81. The molecule has 1 saturated carbocycles. The Hall–Kier alpha value is -3.24. The van der Waals surface area contributed by atoms with E-state index in [0.717, 1.165) is 30.6 Å². The Morgan fingerprint density at radius 1 is 0.972 bits per heavy atom. The summed E-state index contributed by atoms with van der Waals surface area (Å²) < 4.78 is 34.4. The standard InChI is InChI=1S/C26H31N3O6S/c1-18(30)27-19-9-15-23(16-10-19)36(33,34)29(21-7-5-3-4-6-8-21)24-17-25(31)28(26(24)32)20-11-13-22(35-2)14-12-20/h9-16,21,24H,3-8,17H2,1-2H3,(H,27,30). The minimum absolute atomic E-state index is 0.0176. The molecule has 0 spiro atoms. The molecule has 1 heterocycles. The highest BCUT2D eigenvalue weighted by molar-refractivity contribution is 7.89. The zero-order valence-corrected chi connectivity index (χ0v) is 21.3. The van der Waals surface area contributed by atoms with Crippen molar-refractivity contribution in [1.82, 2.24) is 4.31 Å². The molecule has 2 aromatic carbocycles. The highest BCUT2D eigenvalue weighted by Gasteiger charge is 2.49. The van der Waals surface area contributed by atoms with Gasteiger partial charge in [0.15, 0.2) is 0 Å². The summed E-state index contributed by atoms with van der Waals surface area (Å²) >= 11 is 0. The van der Waals surface area contributed by atoms with Gasteiger partial charge in [-0.25, -0.2) is 13.3 Å². The first kappa shape index (κ1) is 25.8. The summed E-state index contributed by atoms with van der Waals surface area (Å²) in [4.78, 5) is 39.1. The van der Waals surface area contributed by atoms with Crippen molar-refractivity contribution in [2.75, 3.05) is 17.3 Å². The molecular weight excluding hydrogens is 482 g/mol. The lowest BCUT2D eigenvalue weighted by Crippen LogP contribution is -2.50. The van der Waals surface area contributed by atoms with Crippen LogP contribution >= 0.6 is 0 Å². The average Bonchev–Trinajstić information content (AvgIpc) is 3.01. The number of carbonyl (C=O) groups excluding carboxylic acids is 3. The van der Waals surface area contributed by atoms with Gasteiger partial charge in [-0.15, -0.1) is 0 Å². The number of imide groups is 1. The van der Waals surface area contributed by atoms with Crippen LogP contribution in [0.3, 0.4) is 0 Å². The maximum atomic E-state index is 14.0. The first-order valence-electron chi connectivity index (χ1n) is 12.1. The number of amides is 3. The molecule has 0 aromatic heterocycles. The zero-order valence-electron chi connectivity index (χ0n) is 20.5. The number of nitrogens with one attached hydrogen (secondary N) is 1. The van der Waals surface area contributed by atoms with Crippen LogP contribution in [-0.4, -0.2) is 49.6 Å². The van der Waals surface area contributed by atoms with Gasteiger partial charge < -0.3 is 10.1 Å². The second kappa shape index (κ2) is 10.8. The predicted octanol–water partition coefficient (Wildman–Crippen LogP) is 3.70. The second-order valence-electron chi connectivity index (χ2n) is 9.17. The van der Waals surface area contributed by atoms with Crippen LogP contribution in [0.5, 0.6) is 5.75 Å². The van der Waals surface area contributed by atoms with Crippen LogP contribution in [0.2, 0.25) is 0 Å².